The van der Waals surface area contributed by atoms with Gasteiger partial charge in [0.25, 0.3) is 0 Å². The molecule has 1 aliphatic heterocycles. The molecule has 2 N–H and O–H groups in total. The lowest BCUT2D eigenvalue weighted by Gasteiger charge is -2.38. The Morgan fingerprint density at radius 1 is 1.32 bits per heavy atom. The highest BCUT2D eigenvalue weighted by Gasteiger charge is 2.26. The van der Waals surface area contributed by atoms with E-state index in [4.69, 9.17) is 5.11 Å². The maximum Gasteiger partial charge on any atom is 0.123 e. The van der Waals surface area contributed by atoms with Crippen molar-refractivity contribution in [3.8, 4) is 0 Å². The van der Waals surface area contributed by atoms with Gasteiger partial charge in [0.05, 0.1) is 6.61 Å². The molecule has 106 valence electrons. The molecule has 2 atom stereocenters. The Labute approximate surface area is 114 Å². The second-order valence-corrected chi connectivity index (χ2v) is 5.21. The highest BCUT2D eigenvalue weighted by Crippen LogP contribution is 2.27. The zero-order valence-electron chi connectivity index (χ0n) is 11.5. The van der Waals surface area contributed by atoms with Gasteiger partial charge < -0.3 is 15.3 Å². The van der Waals surface area contributed by atoms with Crippen LogP contribution in [0.25, 0.3) is 0 Å². The molecular formula is C15H23FN2O. The van der Waals surface area contributed by atoms with Crippen LogP contribution in [0.2, 0.25) is 0 Å². The first kappa shape index (κ1) is 14.4. The van der Waals surface area contributed by atoms with Crippen LogP contribution in [0, 0.1) is 5.82 Å². The van der Waals surface area contributed by atoms with Crippen LogP contribution in [0.15, 0.2) is 24.3 Å². The van der Waals surface area contributed by atoms with Gasteiger partial charge in [0.2, 0.25) is 0 Å². The molecule has 0 radical (unpaired) electrons. The van der Waals surface area contributed by atoms with E-state index < -0.39 is 0 Å². The zero-order valence-corrected chi connectivity index (χ0v) is 11.5. The fraction of sp³-hybridized carbons (Fsp3) is 0.600. The normalized spacial score (nSPS) is 24.6. The number of nitrogens with one attached hydrogen (secondary N) is 1. The SMILES string of the molecule is CCN1CC(NCCO)CC(c2ccc(F)cc2)C1. The number of hydrogen-bond donors (Lipinski definition) is 2. The number of benzene rings is 1. The first-order valence-corrected chi connectivity index (χ1v) is 7.05. The van der Waals surface area contributed by atoms with Gasteiger partial charge in [-0.15, -0.1) is 0 Å². The Morgan fingerprint density at radius 3 is 2.68 bits per heavy atom. The standard InChI is InChI=1S/C15H23FN2O/c1-2-18-10-13(9-15(11-18)17-7-8-19)12-3-5-14(16)6-4-12/h3-6,13,15,17,19H,2,7-11H2,1H3. The highest BCUT2D eigenvalue weighted by atomic mass is 19.1. The lowest BCUT2D eigenvalue weighted by atomic mass is 9.88. The molecule has 4 heteroatoms. The van der Waals surface area contributed by atoms with Gasteiger partial charge in [-0.05, 0) is 36.6 Å². The molecule has 2 unspecified atom stereocenters. The van der Waals surface area contributed by atoms with E-state index in [1.807, 2.05) is 12.1 Å². The van der Waals surface area contributed by atoms with Crippen LogP contribution < -0.4 is 5.32 Å². The molecule has 0 spiro atoms. The summed E-state index contributed by atoms with van der Waals surface area (Å²) in [6, 6.07) is 7.26. The van der Waals surface area contributed by atoms with Crippen LogP contribution in [0.1, 0.15) is 24.8 Å². The van der Waals surface area contributed by atoms with Crippen LogP contribution in [-0.2, 0) is 0 Å². The van der Waals surface area contributed by atoms with Crippen molar-refractivity contribution in [1.29, 1.82) is 0 Å². The molecule has 0 aromatic heterocycles. The van der Waals surface area contributed by atoms with E-state index in [1.165, 1.54) is 17.7 Å². The molecule has 2 rings (SSSR count). The number of nitrogens with zero attached hydrogens (tertiary/aromatic N) is 1. The average molecular weight is 266 g/mol. The van der Waals surface area contributed by atoms with Crippen molar-refractivity contribution in [2.75, 3.05) is 32.8 Å². The van der Waals surface area contributed by atoms with E-state index in [9.17, 15) is 4.39 Å². The number of halogens is 1. The molecule has 1 heterocycles. The highest BCUT2D eigenvalue weighted by molar-refractivity contribution is 5.22. The molecule has 1 saturated heterocycles. The molecule has 1 aromatic carbocycles. The third kappa shape index (κ3) is 4.00. The van der Waals surface area contributed by atoms with Gasteiger partial charge in [-0.25, -0.2) is 4.39 Å². The number of aliphatic hydroxyl groups excluding tert-OH is 1. The monoisotopic (exact) mass is 266 g/mol. The second-order valence-electron chi connectivity index (χ2n) is 5.21. The smallest absolute Gasteiger partial charge is 0.123 e. The summed E-state index contributed by atoms with van der Waals surface area (Å²) in [5.74, 6) is 0.257. The topological polar surface area (TPSA) is 35.5 Å². The lowest BCUT2D eigenvalue weighted by molar-refractivity contribution is 0.172. The van der Waals surface area contributed by atoms with Crippen LogP contribution in [0.5, 0.6) is 0 Å². The summed E-state index contributed by atoms with van der Waals surface area (Å²) in [6.07, 6.45) is 1.04. The predicted octanol–water partition coefficient (Wildman–Crippen LogP) is 1.59. The number of aliphatic hydroxyl groups is 1. The molecular weight excluding hydrogens is 243 g/mol. The maximum absolute atomic E-state index is 13.0. The molecule has 0 aliphatic carbocycles. The van der Waals surface area contributed by atoms with Gasteiger partial charge in [-0.1, -0.05) is 19.1 Å². The minimum absolute atomic E-state index is 0.170. The summed E-state index contributed by atoms with van der Waals surface area (Å²) in [7, 11) is 0. The van der Waals surface area contributed by atoms with Crippen molar-refractivity contribution in [1.82, 2.24) is 10.2 Å². The molecule has 0 saturated carbocycles. The third-order valence-corrected chi connectivity index (χ3v) is 3.86. The first-order chi connectivity index (χ1) is 9.22. The summed E-state index contributed by atoms with van der Waals surface area (Å²) in [4.78, 5) is 2.41. The Hall–Kier alpha value is -0.970. The molecule has 3 nitrogen and oxygen atoms in total. The number of likely N-dealkylation sites (tertiary alicyclic amines) is 1. The van der Waals surface area contributed by atoms with E-state index >= 15 is 0 Å². The lowest BCUT2D eigenvalue weighted by Crippen LogP contribution is -2.49. The quantitative estimate of drug-likeness (QED) is 0.849. The largest absolute Gasteiger partial charge is 0.395 e. The number of likely N-dealkylation sites (N-methyl/N-ethyl adjacent to an activating group) is 1. The van der Waals surface area contributed by atoms with E-state index in [2.05, 4.69) is 17.1 Å². The molecule has 1 fully saturated rings. The van der Waals surface area contributed by atoms with Crippen molar-refractivity contribution in [2.45, 2.75) is 25.3 Å². The molecule has 19 heavy (non-hydrogen) atoms. The van der Waals surface area contributed by atoms with Crippen LogP contribution in [-0.4, -0.2) is 48.8 Å². The average Bonchev–Trinajstić information content (AvgIpc) is 2.45. The van der Waals surface area contributed by atoms with E-state index in [0.717, 1.165) is 26.1 Å². The minimum Gasteiger partial charge on any atom is -0.395 e. The van der Waals surface area contributed by atoms with Crippen molar-refractivity contribution in [3.05, 3.63) is 35.6 Å². The Morgan fingerprint density at radius 2 is 2.05 bits per heavy atom. The van der Waals surface area contributed by atoms with Crippen molar-refractivity contribution < 1.29 is 9.50 Å². The molecule has 0 bridgehead atoms. The fourth-order valence-corrected chi connectivity index (χ4v) is 2.84. The number of hydrogen-bond acceptors (Lipinski definition) is 3. The van der Waals surface area contributed by atoms with Gasteiger partial charge in [0.15, 0.2) is 0 Å². The fourth-order valence-electron chi connectivity index (χ4n) is 2.84. The summed E-state index contributed by atoms with van der Waals surface area (Å²) in [5.41, 5.74) is 1.20. The van der Waals surface area contributed by atoms with E-state index in [0.29, 0.717) is 18.5 Å². The van der Waals surface area contributed by atoms with E-state index in [-0.39, 0.29) is 12.4 Å². The Kier molecular flexibility index (Phi) is 5.31. The zero-order chi connectivity index (χ0) is 13.7. The molecule has 0 amide bonds. The van der Waals surface area contributed by atoms with Gasteiger partial charge in [-0.3, -0.25) is 0 Å². The summed E-state index contributed by atoms with van der Waals surface area (Å²) in [6.45, 7) is 6.04. The summed E-state index contributed by atoms with van der Waals surface area (Å²) < 4.78 is 13.0. The summed E-state index contributed by atoms with van der Waals surface area (Å²) >= 11 is 0. The van der Waals surface area contributed by atoms with Crippen LogP contribution in [0.3, 0.4) is 0 Å². The van der Waals surface area contributed by atoms with E-state index in [1.54, 1.807) is 0 Å². The van der Waals surface area contributed by atoms with Crippen molar-refractivity contribution in [2.24, 2.45) is 0 Å². The minimum atomic E-state index is -0.179. The number of piperidine rings is 1. The first-order valence-electron chi connectivity index (χ1n) is 7.05. The van der Waals surface area contributed by atoms with Crippen molar-refractivity contribution in [3.63, 3.8) is 0 Å². The molecule has 1 aromatic rings. The van der Waals surface area contributed by atoms with Crippen LogP contribution >= 0.6 is 0 Å². The van der Waals surface area contributed by atoms with Gasteiger partial charge in [0.1, 0.15) is 5.82 Å². The van der Waals surface area contributed by atoms with Crippen molar-refractivity contribution >= 4 is 0 Å². The van der Waals surface area contributed by atoms with Gasteiger partial charge in [0, 0.05) is 25.7 Å². The predicted molar refractivity (Wildman–Crippen MR) is 74.7 cm³/mol. The Bertz CT molecular complexity index is 382. The third-order valence-electron chi connectivity index (χ3n) is 3.86. The maximum atomic E-state index is 13.0. The summed E-state index contributed by atoms with van der Waals surface area (Å²) in [5, 5.41) is 12.3. The second kappa shape index (κ2) is 6.98. The van der Waals surface area contributed by atoms with Gasteiger partial charge >= 0.3 is 0 Å². The number of rotatable bonds is 5. The Balaban J connectivity index is 2.04. The van der Waals surface area contributed by atoms with Gasteiger partial charge in [-0.2, -0.15) is 0 Å². The van der Waals surface area contributed by atoms with Crippen LogP contribution in [0.4, 0.5) is 4.39 Å². The molecule has 1 aliphatic rings.